The number of hydrogen-bond donors (Lipinski definition) is 0. The van der Waals surface area contributed by atoms with Gasteiger partial charge in [0.05, 0.1) is 30.2 Å². The van der Waals surface area contributed by atoms with Crippen LogP contribution in [-0.2, 0) is 13.5 Å². The number of ketones is 1. The van der Waals surface area contributed by atoms with Crippen molar-refractivity contribution < 1.29 is 4.79 Å². The molecule has 1 aromatic carbocycles. The largest absolute Gasteiger partial charge is 0.355 e. The number of benzene rings is 1. The molecule has 178 valence electrons. The van der Waals surface area contributed by atoms with Crippen LogP contribution in [0.15, 0.2) is 55.2 Å². The number of aromatic nitrogens is 5. The molecule has 5 heterocycles. The van der Waals surface area contributed by atoms with Gasteiger partial charge in [-0.3, -0.25) is 4.79 Å². The first kappa shape index (κ1) is 21.9. The Hall–Kier alpha value is -3.65. The zero-order chi connectivity index (χ0) is 24.0. The van der Waals surface area contributed by atoms with Crippen LogP contribution in [0.4, 0.5) is 5.82 Å². The molecule has 0 unspecified atom stereocenters. The van der Waals surface area contributed by atoms with Crippen LogP contribution >= 0.6 is 0 Å². The Morgan fingerprint density at radius 2 is 1.86 bits per heavy atom. The van der Waals surface area contributed by atoms with E-state index in [1.807, 2.05) is 42.1 Å². The van der Waals surface area contributed by atoms with E-state index in [0.29, 0.717) is 16.8 Å². The van der Waals surface area contributed by atoms with Crippen molar-refractivity contribution in [1.29, 1.82) is 0 Å². The van der Waals surface area contributed by atoms with E-state index in [2.05, 4.69) is 31.8 Å². The van der Waals surface area contributed by atoms with E-state index in [9.17, 15) is 4.79 Å². The standard InChI is InChI=1S/C27H29N7O/c1-32-9-6-27(7-10-32)16-34(17-27)26-12-20(5-8-29-26)24(35)13-25-30-14-21-4-3-19(11-22(21)31-25)23-15-28-18-33(23)2/h3-5,8,11-12,14-15,18H,6-7,9-10,13,16-17H2,1-2H3. The van der Waals surface area contributed by atoms with Crippen LogP contribution in [0.1, 0.15) is 29.0 Å². The minimum absolute atomic E-state index is 0.00492. The summed E-state index contributed by atoms with van der Waals surface area (Å²) in [7, 11) is 4.16. The van der Waals surface area contributed by atoms with Gasteiger partial charge in [0.1, 0.15) is 11.6 Å². The quantitative estimate of drug-likeness (QED) is 0.416. The number of piperidine rings is 1. The number of nitrogens with zero attached hydrogens (tertiary/aromatic N) is 7. The highest BCUT2D eigenvalue weighted by molar-refractivity contribution is 5.98. The molecular weight excluding hydrogens is 438 g/mol. The van der Waals surface area contributed by atoms with Crippen LogP contribution in [0.2, 0.25) is 0 Å². The van der Waals surface area contributed by atoms with Crippen LogP contribution in [0.25, 0.3) is 22.2 Å². The molecule has 2 aliphatic heterocycles. The summed E-state index contributed by atoms with van der Waals surface area (Å²) in [6.07, 6.45) is 9.77. The van der Waals surface area contributed by atoms with Gasteiger partial charge in [0.25, 0.3) is 0 Å². The molecule has 8 nitrogen and oxygen atoms in total. The molecule has 0 N–H and O–H groups in total. The Balaban J connectivity index is 1.17. The maximum absolute atomic E-state index is 13.1. The average Bonchev–Trinajstić information content (AvgIpc) is 3.28. The van der Waals surface area contributed by atoms with Gasteiger partial charge in [-0.05, 0) is 51.2 Å². The van der Waals surface area contributed by atoms with Crippen LogP contribution in [0.3, 0.4) is 0 Å². The first-order valence-corrected chi connectivity index (χ1v) is 12.1. The molecule has 1 spiro atoms. The topological polar surface area (TPSA) is 80.0 Å². The van der Waals surface area contributed by atoms with Crippen LogP contribution in [-0.4, -0.2) is 68.4 Å². The zero-order valence-electron chi connectivity index (χ0n) is 20.2. The van der Waals surface area contributed by atoms with Crippen molar-refractivity contribution in [2.45, 2.75) is 19.3 Å². The van der Waals surface area contributed by atoms with Gasteiger partial charge in [0, 0.05) is 54.5 Å². The number of aryl methyl sites for hydroxylation is 1. The van der Waals surface area contributed by atoms with Crippen molar-refractivity contribution in [2.75, 3.05) is 38.1 Å². The minimum Gasteiger partial charge on any atom is -0.355 e. The predicted molar refractivity (Wildman–Crippen MR) is 135 cm³/mol. The second kappa shape index (κ2) is 8.53. The van der Waals surface area contributed by atoms with Gasteiger partial charge in [0.2, 0.25) is 0 Å². The monoisotopic (exact) mass is 467 g/mol. The lowest BCUT2D eigenvalue weighted by Gasteiger charge is -2.54. The summed E-state index contributed by atoms with van der Waals surface area (Å²) >= 11 is 0. The molecule has 0 saturated carbocycles. The Bertz CT molecular complexity index is 1400. The number of hydrogen-bond acceptors (Lipinski definition) is 7. The van der Waals surface area contributed by atoms with Crippen molar-refractivity contribution in [1.82, 2.24) is 29.4 Å². The molecular formula is C27H29N7O. The Morgan fingerprint density at radius 1 is 1.03 bits per heavy atom. The van der Waals surface area contributed by atoms with Crippen molar-refractivity contribution >= 4 is 22.5 Å². The normalized spacial score (nSPS) is 17.6. The SMILES string of the molecule is CN1CCC2(CC1)CN(c1cc(C(=O)Cc3ncc4ccc(-c5cncn5C)cc4n3)ccn1)C2. The first-order valence-electron chi connectivity index (χ1n) is 12.1. The molecule has 2 fully saturated rings. The lowest BCUT2D eigenvalue weighted by atomic mass is 9.72. The third kappa shape index (κ3) is 4.18. The number of pyridine rings is 1. The van der Waals surface area contributed by atoms with Gasteiger partial charge in [-0.2, -0.15) is 0 Å². The lowest BCUT2D eigenvalue weighted by molar-refractivity contribution is 0.0900. The highest BCUT2D eigenvalue weighted by Gasteiger charge is 2.44. The summed E-state index contributed by atoms with van der Waals surface area (Å²) in [4.78, 5) is 35.7. The number of imidazole rings is 1. The number of carbonyl (C=O) groups is 1. The van der Waals surface area contributed by atoms with Gasteiger partial charge >= 0.3 is 0 Å². The molecule has 0 aliphatic carbocycles. The van der Waals surface area contributed by atoms with E-state index in [-0.39, 0.29) is 12.2 Å². The van der Waals surface area contributed by atoms with Crippen molar-refractivity contribution in [2.24, 2.45) is 12.5 Å². The molecule has 2 aliphatic rings. The molecule has 0 bridgehead atoms. The summed E-state index contributed by atoms with van der Waals surface area (Å²) in [5.74, 6) is 1.42. The molecule has 4 aromatic rings. The fourth-order valence-electron chi connectivity index (χ4n) is 5.29. The third-order valence-electron chi connectivity index (χ3n) is 7.56. The van der Waals surface area contributed by atoms with E-state index in [4.69, 9.17) is 4.98 Å². The molecule has 3 aromatic heterocycles. The second-order valence-electron chi connectivity index (χ2n) is 10.1. The number of carbonyl (C=O) groups excluding carboxylic acids is 1. The Labute approximate surface area is 204 Å². The van der Waals surface area contributed by atoms with Crippen LogP contribution in [0, 0.1) is 5.41 Å². The maximum Gasteiger partial charge on any atom is 0.170 e. The predicted octanol–water partition coefficient (Wildman–Crippen LogP) is 3.38. The van der Waals surface area contributed by atoms with Crippen LogP contribution < -0.4 is 4.90 Å². The molecule has 2 saturated heterocycles. The smallest absolute Gasteiger partial charge is 0.170 e. The summed E-state index contributed by atoms with van der Waals surface area (Å²) in [6, 6.07) is 9.78. The lowest BCUT2D eigenvalue weighted by Crippen LogP contribution is -2.60. The van der Waals surface area contributed by atoms with Gasteiger partial charge in [0.15, 0.2) is 5.78 Å². The summed E-state index contributed by atoms with van der Waals surface area (Å²) < 4.78 is 1.97. The highest BCUT2D eigenvalue weighted by atomic mass is 16.1. The molecule has 6 rings (SSSR count). The fraction of sp³-hybridized carbons (Fsp3) is 0.370. The minimum atomic E-state index is 0.00492. The van der Waals surface area contributed by atoms with Gasteiger partial charge in [-0.25, -0.2) is 19.9 Å². The summed E-state index contributed by atoms with van der Waals surface area (Å²) in [6.45, 7) is 4.38. The Kier molecular flexibility index (Phi) is 5.33. The molecule has 0 atom stereocenters. The van der Waals surface area contributed by atoms with Crippen molar-refractivity contribution in [3.63, 3.8) is 0 Å². The number of rotatable bonds is 5. The number of fused-ring (bicyclic) bond motifs is 1. The molecule has 8 heteroatoms. The number of Topliss-reactive ketones (excluding diaryl/α,β-unsaturated/α-hetero) is 1. The van der Waals surface area contributed by atoms with Gasteiger partial charge in [-0.15, -0.1) is 0 Å². The number of likely N-dealkylation sites (tertiary alicyclic amines) is 1. The van der Waals surface area contributed by atoms with E-state index in [1.165, 1.54) is 12.8 Å². The summed E-state index contributed by atoms with van der Waals surface area (Å²) in [5, 5.41) is 0.943. The highest BCUT2D eigenvalue weighted by Crippen LogP contribution is 2.41. The van der Waals surface area contributed by atoms with Gasteiger partial charge < -0.3 is 14.4 Å². The molecule has 35 heavy (non-hydrogen) atoms. The van der Waals surface area contributed by atoms with Crippen molar-refractivity contribution in [3.8, 4) is 11.3 Å². The third-order valence-corrected chi connectivity index (χ3v) is 7.56. The van der Waals surface area contributed by atoms with E-state index >= 15 is 0 Å². The van der Waals surface area contributed by atoms with E-state index in [0.717, 1.165) is 54.2 Å². The Morgan fingerprint density at radius 3 is 2.63 bits per heavy atom. The second-order valence-corrected chi connectivity index (χ2v) is 10.1. The first-order chi connectivity index (χ1) is 17.0. The van der Waals surface area contributed by atoms with E-state index in [1.54, 1.807) is 24.8 Å². The van der Waals surface area contributed by atoms with Crippen LogP contribution in [0.5, 0.6) is 0 Å². The maximum atomic E-state index is 13.1. The average molecular weight is 468 g/mol. The van der Waals surface area contributed by atoms with Gasteiger partial charge in [-0.1, -0.05) is 12.1 Å². The number of anilines is 1. The van der Waals surface area contributed by atoms with Crippen molar-refractivity contribution in [3.05, 3.63) is 66.6 Å². The molecule has 0 amide bonds. The molecule has 0 radical (unpaired) electrons. The zero-order valence-corrected chi connectivity index (χ0v) is 20.2. The summed E-state index contributed by atoms with van der Waals surface area (Å²) in [5.41, 5.74) is 3.94. The van der Waals surface area contributed by atoms with E-state index < -0.39 is 0 Å². The fourth-order valence-corrected chi connectivity index (χ4v) is 5.29.